The van der Waals surface area contributed by atoms with E-state index in [-0.39, 0.29) is 6.42 Å². The minimum atomic E-state index is -0.735. The lowest BCUT2D eigenvalue weighted by molar-refractivity contribution is -0.671. The van der Waals surface area contributed by atoms with Crippen molar-refractivity contribution in [1.29, 1.82) is 0 Å². The fourth-order valence-electron chi connectivity index (χ4n) is 1.82. The molecule has 82 valence electrons. The maximum atomic E-state index is 10.4. The number of benzene rings is 1. The summed E-state index contributed by atoms with van der Waals surface area (Å²) in [4.78, 5) is 10.4. The Labute approximate surface area is 94.0 Å². The number of aliphatic carboxylic acids is 1. The van der Waals surface area contributed by atoms with Gasteiger partial charge in [-0.1, -0.05) is 12.1 Å². The Hall–Kier alpha value is -1.90. The molecule has 2 rings (SSSR count). The SMILES string of the molecule is O=C(O)CCC[n+]1cccc2ccccc21. The first-order valence-corrected chi connectivity index (χ1v) is 5.36. The van der Waals surface area contributed by atoms with Crippen molar-refractivity contribution >= 4 is 16.9 Å². The summed E-state index contributed by atoms with van der Waals surface area (Å²) in [6.07, 6.45) is 2.87. The van der Waals surface area contributed by atoms with Crippen LogP contribution < -0.4 is 4.57 Å². The van der Waals surface area contributed by atoms with Crippen LogP contribution in [0.15, 0.2) is 42.6 Å². The fourth-order valence-corrected chi connectivity index (χ4v) is 1.82. The Morgan fingerprint density at radius 1 is 1.19 bits per heavy atom. The number of para-hydroxylation sites is 1. The average Bonchev–Trinajstić information content (AvgIpc) is 2.29. The minimum absolute atomic E-state index is 0.218. The van der Waals surface area contributed by atoms with Crippen molar-refractivity contribution in [3.63, 3.8) is 0 Å². The lowest BCUT2D eigenvalue weighted by Crippen LogP contribution is -2.34. The third kappa shape index (κ3) is 2.37. The lowest BCUT2D eigenvalue weighted by Gasteiger charge is -1.99. The van der Waals surface area contributed by atoms with E-state index in [1.807, 2.05) is 24.4 Å². The highest BCUT2D eigenvalue weighted by molar-refractivity contribution is 5.74. The van der Waals surface area contributed by atoms with Gasteiger partial charge in [0.2, 0.25) is 5.52 Å². The summed E-state index contributed by atoms with van der Waals surface area (Å²) in [6.45, 7) is 0.744. The van der Waals surface area contributed by atoms with Gasteiger partial charge in [0.15, 0.2) is 6.20 Å². The molecule has 1 aromatic heterocycles. The van der Waals surface area contributed by atoms with E-state index in [1.165, 1.54) is 5.39 Å². The Morgan fingerprint density at radius 3 is 2.75 bits per heavy atom. The van der Waals surface area contributed by atoms with Gasteiger partial charge in [-0.3, -0.25) is 4.79 Å². The van der Waals surface area contributed by atoms with Crippen molar-refractivity contribution in [1.82, 2.24) is 0 Å². The first kappa shape index (κ1) is 10.6. The number of nitrogens with zero attached hydrogens (tertiary/aromatic N) is 1. The molecule has 0 aliphatic heterocycles. The van der Waals surface area contributed by atoms with Crippen LogP contribution in [-0.4, -0.2) is 11.1 Å². The van der Waals surface area contributed by atoms with E-state index in [2.05, 4.69) is 22.8 Å². The predicted molar refractivity (Wildman–Crippen MR) is 61.0 cm³/mol. The first-order chi connectivity index (χ1) is 7.77. The van der Waals surface area contributed by atoms with Gasteiger partial charge >= 0.3 is 5.97 Å². The van der Waals surface area contributed by atoms with Crippen molar-refractivity contribution < 1.29 is 14.5 Å². The topological polar surface area (TPSA) is 41.2 Å². The van der Waals surface area contributed by atoms with Gasteiger partial charge in [-0.15, -0.1) is 0 Å². The minimum Gasteiger partial charge on any atom is -0.481 e. The molecule has 3 nitrogen and oxygen atoms in total. The number of carboxylic acid groups (broad SMARTS) is 1. The molecule has 0 atom stereocenters. The molecule has 16 heavy (non-hydrogen) atoms. The number of aryl methyl sites for hydroxylation is 1. The van der Waals surface area contributed by atoms with Crippen molar-refractivity contribution in [2.45, 2.75) is 19.4 Å². The molecule has 2 aromatic rings. The number of rotatable bonds is 4. The van der Waals surface area contributed by atoms with Gasteiger partial charge in [0, 0.05) is 23.9 Å². The first-order valence-electron chi connectivity index (χ1n) is 5.36. The van der Waals surface area contributed by atoms with Crippen molar-refractivity contribution in [2.24, 2.45) is 0 Å². The van der Waals surface area contributed by atoms with Crippen molar-refractivity contribution in [3.8, 4) is 0 Å². The molecule has 1 heterocycles. The molecule has 0 saturated carbocycles. The third-order valence-electron chi connectivity index (χ3n) is 2.58. The molecule has 1 aromatic carbocycles. The summed E-state index contributed by atoms with van der Waals surface area (Å²) >= 11 is 0. The van der Waals surface area contributed by atoms with Gasteiger partial charge in [-0.2, -0.15) is 4.57 Å². The Morgan fingerprint density at radius 2 is 1.94 bits per heavy atom. The fraction of sp³-hybridized carbons (Fsp3) is 0.231. The second-order valence-electron chi connectivity index (χ2n) is 3.76. The molecular formula is C13H14NO2+. The number of carbonyl (C=O) groups is 1. The number of hydrogen-bond acceptors (Lipinski definition) is 1. The van der Waals surface area contributed by atoms with E-state index in [0.717, 1.165) is 12.1 Å². The summed E-state index contributed by atoms with van der Waals surface area (Å²) in [5.41, 5.74) is 1.15. The van der Waals surface area contributed by atoms with E-state index < -0.39 is 5.97 Å². The Balaban J connectivity index is 2.20. The number of hydrogen-bond donors (Lipinski definition) is 1. The van der Waals surface area contributed by atoms with Gasteiger partial charge in [0.1, 0.15) is 6.54 Å². The molecule has 0 spiro atoms. The molecule has 0 fully saturated rings. The summed E-state index contributed by atoms with van der Waals surface area (Å²) in [7, 11) is 0. The van der Waals surface area contributed by atoms with E-state index >= 15 is 0 Å². The molecule has 0 unspecified atom stereocenters. The quantitative estimate of drug-likeness (QED) is 0.794. The van der Waals surface area contributed by atoms with Crippen LogP contribution in [-0.2, 0) is 11.3 Å². The normalized spacial score (nSPS) is 10.5. The largest absolute Gasteiger partial charge is 0.481 e. The highest BCUT2D eigenvalue weighted by atomic mass is 16.4. The molecule has 1 N–H and O–H groups in total. The third-order valence-corrected chi connectivity index (χ3v) is 2.58. The molecular weight excluding hydrogens is 202 g/mol. The molecule has 0 saturated heterocycles. The van der Waals surface area contributed by atoms with E-state index in [9.17, 15) is 4.79 Å². The van der Waals surface area contributed by atoms with Gasteiger partial charge in [-0.05, 0) is 12.1 Å². The lowest BCUT2D eigenvalue weighted by atomic mass is 10.2. The van der Waals surface area contributed by atoms with Crippen LogP contribution >= 0.6 is 0 Å². The number of aromatic nitrogens is 1. The maximum absolute atomic E-state index is 10.4. The van der Waals surface area contributed by atoms with E-state index in [0.29, 0.717) is 6.42 Å². The molecule has 0 aliphatic rings. The van der Waals surface area contributed by atoms with Crippen LogP contribution in [0.5, 0.6) is 0 Å². The zero-order valence-electron chi connectivity index (χ0n) is 8.97. The van der Waals surface area contributed by atoms with Gasteiger partial charge in [-0.25, -0.2) is 0 Å². The highest BCUT2D eigenvalue weighted by Gasteiger charge is 2.07. The van der Waals surface area contributed by atoms with Crippen LogP contribution in [0.3, 0.4) is 0 Å². The second kappa shape index (κ2) is 4.75. The van der Waals surface area contributed by atoms with Crippen LogP contribution in [0, 0.1) is 0 Å². The number of fused-ring (bicyclic) bond motifs is 1. The van der Waals surface area contributed by atoms with Gasteiger partial charge < -0.3 is 5.11 Å². The molecule has 0 amide bonds. The molecule has 0 aliphatic carbocycles. The predicted octanol–water partition coefficient (Wildman–Crippen LogP) is 1.99. The van der Waals surface area contributed by atoms with Crippen LogP contribution in [0.4, 0.5) is 0 Å². The van der Waals surface area contributed by atoms with Gasteiger partial charge in [0.25, 0.3) is 0 Å². The summed E-state index contributed by atoms with van der Waals surface area (Å²) < 4.78 is 2.10. The smallest absolute Gasteiger partial charge is 0.303 e. The number of pyridine rings is 1. The zero-order chi connectivity index (χ0) is 11.4. The Kier molecular flexibility index (Phi) is 3.15. The average molecular weight is 216 g/mol. The summed E-state index contributed by atoms with van der Waals surface area (Å²) in [5, 5.41) is 9.78. The zero-order valence-corrected chi connectivity index (χ0v) is 8.97. The monoisotopic (exact) mass is 216 g/mol. The van der Waals surface area contributed by atoms with Gasteiger partial charge in [0.05, 0.1) is 6.42 Å². The molecule has 0 radical (unpaired) electrons. The highest BCUT2D eigenvalue weighted by Crippen LogP contribution is 2.08. The molecule has 0 bridgehead atoms. The molecule has 3 heteroatoms. The van der Waals surface area contributed by atoms with E-state index in [4.69, 9.17) is 5.11 Å². The number of carboxylic acids is 1. The summed E-state index contributed by atoms with van der Waals surface area (Å²) in [6, 6.07) is 12.2. The van der Waals surface area contributed by atoms with E-state index in [1.54, 1.807) is 0 Å². The second-order valence-corrected chi connectivity index (χ2v) is 3.76. The van der Waals surface area contributed by atoms with Crippen LogP contribution in [0.1, 0.15) is 12.8 Å². The van der Waals surface area contributed by atoms with Crippen molar-refractivity contribution in [3.05, 3.63) is 42.6 Å². The Bertz CT molecular complexity index is 503. The maximum Gasteiger partial charge on any atom is 0.303 e. The van der Waals surface area contributed by atoms with Crippen LogP contribution in [0.2, 0.25) is 0 Å². The van der Waals surface area contributed by atoms with Crippen LogP contribution in [0.25, 0.3) is 10.9 Å². The summed E-state index contributed by atoms with van der Waals surface area (Å²) in [5.74, 6) is -0.735. The van der Waals surface area contributed by atoms with Crippen molar-refractivity contribution in [2.75, 3.05) is 0 Å². The standard InChI is InChI=1S/C13H13NO2/c15-13(16)8-4-10-14-9-3-6-11-5-1-2-7-12(11)14/h1-3,5-7,9H,4,8,10H2/p+1.